The molecule has 3 aromatic rings. The van der Waals surface area contributed by atoms with Gasteiger partial charge in [0.1, 0.15) is 11.3 Å². The molecule has 1 heterocycles. The van der Waals surface area contributed by atoms with Crippen LogP contribution in [-0.2, 0) is 0 Å². The minimum absolute atomic E-state index is 0.145. The van der Waals surface area contributed by atoms with Gasteiger partial charge >= 0.3 is 5.69 Å². The van der Waals surface area contributed by atoms with Crippen molar-refractivity contribution in [3.05, 3.63) is 90.2 Å². The number of carbonyl (C=O) groups excluding carboxylic acids is 2. The summed E-state index contributed by atoms with van der Waals surface area (Å²) >= 11 is 11.5. The van der Waals surface area contributed by atoms with E-state index in [9.17, 15) is 29.8 Å². The van der Waals surface area contributed by atoms with E-state index in [0.29, 0.717) is 5.02 Å². The Balaban J connectivity index is 1.74. The van der Waals surface area contributed by atoms with Crippen LogP contribution in [0, 0.1) is 20.2 Å². The molecule has 34 heavy (non-hydrogen) atoms. The first-order chi connectivity index (χ1) is 16.2. The van der Waals surface area contributed by atoms with Gasteiger partial charge in [0.2, 0.25) is 11.6 Å². The number of hydrazine groups is 2. The number of carbonyl (C=O) groups is 2. The minimum atomic E-state index is -0.863. The van der Waals surface area contributed by atoms with Crippen molar-refractivity contribution < 1.29 is 19.4 Å². The molecule has 0 aliphatic carbocycles. The molecule has 0 aliphatic heterocycles. The van der Waals surface area contributed by atoms with Crippen LogP contribution in [0.2, 0.25) is 10.0 Å². The van der Waals surface area contributed by atoms with Gasteiger partial charge in [0.05, 0.1) is 9.85 Å². The van der Waals surface area contributed by atoms with Crippen molar-refractivity contribution in [2.45, 2.75) is 0 Å². The van der Waals surface area contributed by atoms with Crippen molar-refractivity contribution in [3.8, 4) is 0 Å². The predicted octanol–water partition coefficient (Wildman–Crippen LogP) is 3.11. The molecular formula is C18H12Cl2N8O6. The summed E-state index contributed by atoms with van der Waals surface area (Å²) in [7, 11) is 0. The summed E-state index contributed by atoms with van der Waals surface area (Å²) in [6.07, 6.45) is 0.936. The van der Waals surface area contributed by atoms with Crippen LogP contribution in [0.5, 0.6) is 0 Å². The highest BCUT2D eigenvalue weighted by molar-refractivity contribution is 6.32. The van der Waals surface area contributed by atoms with Crippen LogP contribution in [0.25, 0.3) is 0 Å². The number of amides is 2. The zero-order valence-corrected chi connectivity index (χ0v) is 18.1. The number of hydrogen-bond donors (Lipinski definition) is 4. The zero-order valence-electron chi connectivity index (χ0n) is 16.6. The normalized spacial score (nSPS) is 10.2. The summed E-state index contributed by atoms with van der Waals surface area (Å²) in [5.41, 5.74) is 7.85. The molecule has 0 atom stereocenters. The Morgan fingerprint density at radius 2 is 1.32 bits per heavy atom. The van der Waals surface area contributed by atoms with E-state index in [1.165, 1.54) is 30.3 Å². The largest absolute Gasteiger partial charge is 0.356 e. The highest BCUT2D eigenvalue weighted by atomic mass is 35.5. The lowest BCUT2D eigenvalue weighted by Crippen LogP contribution is -2.32. The standard InChI is InChI=1S/C18H12Cl2N8O6/c19-11-4-1-9(2-5-11)17(29)25-23-15-14(28(33)34)16(22-8-21-15)24-26-18(30)10-3-6-12(20)13(7-10)27(31)32/h1-8H,(H,25,29)(H,26,30)(H2,21,22,23,24). The number of aromatic nitrogens is 2. The van der Waals surface area contributed by atoms with Gasteiger partial charge in [-0.15, -0.1) is 0 Å². The molecule has 1 aromatic heterocycles. The molecule has 0 radical (unpaired) electrons. The molecular weight excluding hydrogens is 495 g/mol. The van der Waals surface area contributed by atoms with Gasteiger partial charge in [0.15, 0.2) is 0 Å². The Morgan fingerprint density at radius 3 is 1.85 bits per heavy atom. The fraction of sp³-hybridized carbons (Fsp3) is 0. The maximum absolute atomic E-state index is 12.3. The van der Waals surface area contributed by atoms with Gasteiger partial charge in [-0.3, -0.25) is 51.5 Å². The number of nitrogens with one attached hydrogen (secondary N) is 4. The Labute approximate surface area is 199 Å². The van der Waals surface area contributed by atoms with Gasteiger partial charge in [0, 0.05) is 22.2 Å². The van der Waals surface area contributed by atoms with Crippen molar-refractivity contribution in [2.75, 3.05) is 10.9 Å². The molecule has 0 fully saturated rings. The maximum atomic E-state index is 12.3. The van der Waals surface area contributed by atoms with Gasteiger partial charge < -0.3 is 0 Å². The SMILES string of the molecule is O=C(NNc1ncnc(NNC(=O)c2ccc(Cl)c([N+](=O)[O-])c2)c1[N+](=O)[O-])c1ccc(Cl)cc1. The van der Waals surface area contributed by atoms with E-state index in [1.807, 2.05) is 0 Å². The second kappa shape index (κ2) is 10.4. The molecule has 14 nitrogen and oxygen atoms in total. The van der Waals surface area contributed by atoms with Gasteiger partial charge in [-0.2, -0.15) is 0 Å². The molecule has 0 saturated carbocycles. The Kier molecular flexibility index (Phi) is 7.35. The molecule has 0 unspecified atom stereocenters. The maximum Gasteiger partial charge on any atom is 0.356 e. The van der Waals surface area contributed by atoms with Crippen LogP contribution < -0.4 is 21.7 Å². The van der Waals surface area contributed by atoms with Crippen molar-refractivity contribution in [3.63, 3.8) is 0 Å². The van der Waals surface area contributed by atoms with E-state index < -0.39 is 38.9 Å². The first-order valence-electron chi connectivity index (χ1n) is 8.99. The van der Waals surface area contributed by atoms with Crippen LogP contribution in [0.15, 0.2) is 48.8 Å². The number of hydrogen-bond acceptors (Lipinski definition) is 10. The second-order valence-corrected chi connectivity index (χ2v) is 7.11. The van der Waals surface area contributed by atoms with E-state index in [1.54, 1.807) is 0 Å². The second-order valence-electron chi connectivity index (χ2n) is 6.27. The van der Waals surface area contributed by atoms with Gasteiger partial charge in [-0.05, 0) is 36.4 Å². The summed E-state index contributed by atoms with van der Waals surface area (Å²) in [6, 6.07) is 9.18. The molecule has 0 aliphatic rings. The average molecular weight is 507 g/mol. The predicted molar refractivity (Wildman–Crippen MR) is 120 cm³/mol. The highest BCUT2D eigenvalue weighted by Crippen LogP contribution is 2.28. The lowest BCUT2D eigenvalue weighted by atomic mass is 10.2. The van der Waals surface area contributed by atoms with E-state index in [0.717, 1.165) is 18.5 Å². The van der Waals surface area contributed by atoms with Crippen LogP contribution in [0.1, 0.15) is 20.7 Å². The van der Waals surface area contributed by atoms with Crippen LogP contribution in [0.4, 0.5) is 23.0 Å². The van der Waals surface area contributed by atoms with Crippen LogP contribution in [-0.4, -0.2) is 31.6 Å². The first kappa shape index (κ1) is 24.1. The molecule has 0 bridgehead atoms. The summed E-state index contributed by atoms with van der Waals surface area (Å²) in [5, 5.41) is 22.8. The molecule has 0 spiro atoms. The van der Waals surface area contributed by atoms with Crippen molar-refractivity contribution >= 4 is 58.0 Å². The van der Waals surface area contributed by atoms with E-state index >= 15 is 0 Å². The third-order valence-electron chi connectivity index (χ3n) is 4.11. The first-order valence-corrected chi connectivity index (χ1v) is 9.74. The Hall–Kier alpha value is -4.56. The molecule has 4 N–H and O–H groups in total. The fourth-order valence-corrected chi connectivity index (χ4v) is 2.82. The topological polar surface area (TPSA) is 194 Å². The minimum Gasteiger partial charge on any atom is -0.276 e. The average Bonchev–Trinajstić information content (AvgIpc) is 2.81. The van der Waals surface area contributed by atoms with Crippen molar-refractivity contribution in [1.82, 2.24) is 20.8 Å². The van der Waals surface area contributed by atoms with E-state index in [-0.39, 0.29) is 22.0 Å². The number of nitrogens with zero attached hydrogens (tertiary/aromatic N) is 4. The molecule has 0 saturated heterocycles. The van der Waals surface area contributed by atoms with E-state index in [2.05, 4.69) is 31.7 Å². The van der Waals surface area contributed by atoms with Gasteiger partial charge in [-0.1, -0.05) is 23.2 Å². The Bertz CT molecular complexity index is 1290. The summed E-state index contributed by atoms with van der Waals surface area (Å²) in [6.45, 7) is 0. The number of anilines is 2. The van der Waals surface area contributed by atoms with Gasteiger partial charge in [0.25, 0.3) is 17.5 Å². The third-order valence-corrected chi connectivity index (χ3v) is 4.68. The molecule has 16 heteroatoms. The number of nitro benzene ring substituents is 1. The third kappa shape index (κ3) is 5.62. The van der Waals surface area contributed by atoms with Gasteiger partial charge in [-0.25, -0.2) is 9.97 Å². The van der Waals surface area contributed by atoms with E-state index in [4.69, 9.17) is 23.2 Å². The zero-order chi connectivity index (χ0) is 24.8. The number of halogens is 2. The molecule has 174 valence electrons. The number of rotatable bonds is 8. The molecule has 2 amide bonds. The van der Waals surface area contributed by atoms with Crippen LogP contribution >= 0.6 is 23.2 Å². The lowest BCUT2D eigenvalue weighted by Gasteiger charge is -2.11. The number of benzene rings is 2. The summed E-state index contributed by atoms with van der Waals surface area (Å²) in [4.78, 5) is 52.9. The smallest absolute Gasteiger partial charge is 0.276 e. The van der Waals surface area contributed by atoms with Crippen molar-refractivity contribution in [2.24, 2.45) is 0 Å². The van der Waals surface area contributed by atoms with Crippen LogP contribution in [0.3, 0.4) is 0 Å². The molecule has 2 aromatic carbocycles. The fourth-order valence-electron chi connectivity index (χ4n) is 2.51. The summed E-state index contributed by atoms with van der Waals surface area (Å²) in [5.74, 6) is -2.31. The monoisotopic (exact) mass is 506 g/mol. The highest BCUT2D eigenvalue weighted by Gasteiger charge is 2.24. The Morgan fingerprint density at radius 1 is 0.794 bits per heavy atom. The quantitative estimate of drug-likeness (QED) is 0.260. The molecule has 3 rings (SSSR count). The number of nitro groups is 2. The van der Waals surface area contributed by atoms with Crippen molar-refractivity contribution in [1.29, 1.82) is 0 Å². The summed E-state index contributed by atoms with van der Waals surface area (Å²) < 4.78 is 0. The lowest BCUT2D eigenvalue weighted by molar-refractivity contribution is -0.384.